The van der Waals surface area contributed by atoms with Gasteiger partial charge >= 0.3 is 11.9 Å². The predicted molar refractivity (Wildman–Crippen MR) is 78.6 cm³/mol. The highest BCUT2D eigenvalue weighted by Crippen LogP contribution is 2.42. The number of halogens is 4. The molecule has 0 aliphatic rings. The van der Waals surface area contributed by atoms with Gasteiger partial charge in [-0.3, -0.25) is 0 Å². The van der Waals surface area contributed by atoms with Crippen molar-refractivity contribution in [3.05, 3.63) is 31.2 Å². The van der Waals surface area contributed by atoms with Crippen LogP contribution in [0.5, 0.6) is 0 Å². The standard InChI is InChI=1S/C12H10Cl4O4/c1-12(2,3)20-11(19)5-4(10(17)18)6(13)8(15)9(16)7(5)14/h1-3H3,(H,17,18). The molecule has 0 bridgehead atoms. The van der Waals surface area contributed by atoms with Crippen LogP contribution in [-0.4, -0.2) is 22.6 Å². The van der Waals surface area contributed by atoms with Gasteiger partial charge in [0, 0.05) is 0 Å². The lowest BCUT2D eigenvalue weighted by Crippen LogP contribution is -2.25. The van der Waals surface area contributed by atoms with E-state index in [0.29, 0.717) is 0 Å². The quantitative estimate of drug-likeness (QED) is 0.460. The Morgan fingerprint density at radius 1 is 0.900 bits per heavy atom. The monoisotopic (exact) mass is 358 g/mol. The van der Waals surface area contributed by atoms with Gasteiger partial charge in [-0.2, -0.15) is 0 Å². The zero-order valence-corrected chi connectivity index (χ0v) is 13.7. The van der Waals surface area contributed by atoms with Crippen molar-refractivity contribution in [3.63, 3.8) is 0 Å². The van der Waals surface area contributed by atoms with Crippen LogP contribution < -0.4 is 0 Å². The number of aromatic carboxylic acids is 1. The van der Waals surface area contributed by atoms with E-state index in [0.717, 1.165) is 0 Å². The molecular formula is C12H10Cl4O4. The average Bonchev–Trinajstić information content (AvgIpc) is 2.27. The Morgan fingerprint density at radius 3 is 1.65 bits per heavy atom. The lowest BCUT2D eigenvalue weighted by molar-refractivity contribution is 0.00661. The summed E-state index contributed by atoms with van der Waals surface area (Å²) in [4.78, 5) is 23.4. The van der Waals surface area contributed by atoms with Gasteiger partial charge in [0.25, 0.3) is 0 Å². The van der Waals surface area contributed by atoms with Crippen LogP contribution in [0.1, 0.15) is 41.5 Å². The number of hydrogen-bond acceptors (Lipinski definition) is 3. The third-order valence-electron chi connectivity index (χ3n) is 2.08. The predicted octanol–water partition coefficient (Wildman–Crippen LogP) is 4.95. The molecule has 1 N–H and O–H groups in total. The SMILES string of the molecule is CC(C)(C)OC(=O)c1c(Cl)c(Cl)c(Cl)c(Cl)c1C(=O)O. The maximum absolute atomic E-state index is 12.1. The van der Waals surface area contributed by atoms with Crippen molar-refractivity contribution in [1.29, 1.82) is 0 Å². The highest BCUT2D eigenvalue weighted by atomic mass is 35.5. The first-order chi connectivity index (χ1) is 8.97. The first kappa shape index (κ1) is 17.4. The van der Waals surface area contributed by atoms with E-state index < -0.39 is 28.7 Å². The molecule has 0 aromatic heterocycles. The fraction of sp³-hybridized carbons (Fsp3) is 0.333. The molecule has 0 spiro atoms. The fourth-order valence-electron chi connectivity index (χ4n) is 1.35. The molecule has 20 heavy (non-hydrogen) atoms. The van der Waals surface area contributed by atoms with Crippen molar-refractivity contribution >= 4 is 58.3 Å². The van der Waals surface area contributed by atoms with E-state index >= 15 is 0 Å². The Labute approximate surface area is 135 Å². The van der Waals surface area contributed by atoms with E-state index in [4.69, 9.17) is 51.1 Å². The summed E-state index contributed by atoms with van der Waals surface area (Å²) < 4.78 is 5.10. The number of rotatable bonds is 2. The molecule has 0 saturated carbocycles. The molecule has 4 nitrogen and oxygen atoms in total. The van der Waals surface area contributed by atoms with Gasteiger partial charge in [0.2, 0.25) is 0 Å². The first-order valence-electron chi connectivity index (χ1n) is 5.30. The minimum atomic E-state index is -1.46. The van der Waals surface area contributed by atoms with Crippen LogP contribution in [-0.2, 0) is 4.74 Å². The van der Waals surface area contributed by atoms with Crippen LogP contribution in [0.3, 0.4) is 0 Å². The second-order valence-electron chi connectivity index (χ2n) is 4.81. The van der Waals surface area contributed by atoms with Gasteiger partial charge in [-0.25, -0.2) is 9.59 Å². The Balaban J connectivity index is 3.60. The van der Waals surface area contributed by atoms with Crippen molar-refractivity contribution in [2.24, 2.45) is 0 Å². The Morgan fingerprint density at radius 2 is 1.30 bits per heavy atom. The Kier molecular flexibility index (Phi) is 5.19. The van der Waals surface area contributed by atoms with E-state index in [-0.39, 0.29) is 20.1 Å². The fourth-order valence-corrected chi connectivity index (χ4v) is 2.36. The molecule has 1 rings (SSSR count). The molecule has 0 radical (unpaired) electrons. The van der Waals surface area contributed by atoms with Gasteiger partial charge in [0.05, 0.1) is 31.2 Å². The number of carboxylic acid groups (broad SMARTS) is 1. The van der Waals surface area contributed by atoms with Crippen LogP contribution in [0.2, 0.25) is 20.1 Å². The molecule has 0 fully saturated rings. The molecule has 110 valence electrons. The van der Waals surface area contributed by atoms with Crippen LogP contribution in [0.15, 0.2) is 0 Å². The van der Waals surface area contributed by atoms with Crippen molar-refractivity contribution in [3.8, 4) is 0 Å². The molecule has 0 aliphatic carbocycles. The molecule has 0 atom stereocenters. The summed E-state index contributed by atoms with van der Waals surface area (Å²) in [5.41, 5.74) is -1.80. The van der Waals surface area contributed by atoms with Crippen LogP contribution >= 0.6 is 46.4 Å². The lowest BCUT2D eigenvalue weighted by Gasteiger charge is -2.21. The largest absolute Gasteiger partial charge is 0.478 e. The minimum absolute atomic E-state index is 0.204. The number of carboxylic acids is 1. The van der Waals surface area contributed by atoms with E-state index in [2.05, 4.69) is 0 Å². The summed E-state index contributed by atoms with van der Waals surface area (Å²) in [6, 6.07) is 0. The maximum atomic E-state index is 12.1. The molecule has 1 aromatic rings. The maximum Gasteiger partial charge on any atom is 0.341 e. The molecular weight excluding hydrogens is 350 g/mol. The number of hydrogen-bond donors (Lipinski definition) is 1. The number of esters is 1. The van der Waals surface area contributed by atoms with Gasteiger partial charge in [-0.05, 0) is 20.8 Å². The summed E-state index contributed by atoms with van der Waals surface area (Å²) in [6.07, 6.45) is 0. The van der Waals surface area contributed by atoms with Crippen LogP contribution in [0.25, 0.3) is 0 Å². The number of benzene rings is 1. The third kappa shape index (κ3) is 3.50. The topological polar surface area (TPSA) is 63.6 Å². The highest BCUT2D eigenvalue weighted by Gasteiger charge is 2.31. The summed E-state index contributed by atoms with van der Waals surface area (Å²) >= 11 is 23.3. The van der Waals surface area contributed by atoms with E-state index in [1.165, 1.54) is 0 Å². The molecule has 0 aliphatic heterocycles. The Hall–Kier alpha value is -0.680. The number of carbonyl (C=O) groups excluding carboxylic acids is 1. The van der Waals surface area contributed by atoms with Gasteiger partial charge in [0.1, 0.15) is 5.60 Å². The normalized spacial score (nSPS) is 11.3. The van der Waals surface area contributed by atoms with E-state index in [1.54, 1.807) is 20.8 Å². The zero-order valence-electron chi connectivity index (χ0n) is 10.7. The number of carbonyl (C=O) groups is 2. The second-order valence-corrected chi connectivity index (χ2v) is 6.32. The van der Waals surface area contributed by atoms with Crippen molar-refractivity contribution in [2.45, 2.75) is 26.4 Å². The summed E-state index contributed by atoms with van der Waals surface area (Å²) in [5, 5.41) is 8.06. The second kappa shape index (κ2) is 5.98. The summed E-state index contributed by atoms with van der Waals surface area (Å²) in [7, 11) is 0. The van der Waals surface area contributed by atoms with Crippen molar-refractivity contribution in [1.82, 2.24) is 0 Å². The van der Waals surface area contributed by atoms with Crippen molar-refractivity contribution < 1.29 is 19.4 Å². The summed E-state index contributed by atoms with van der Waals surface area (Å²) in [5.74, 6) is -2.41. The minimum Gasteiger partial charge on any atom is -0.478 e. The smallest absolute Gasteiger partial charge is 0.341 e. The van der Waals surface area contributed by atoms with E-state index in [1.807, 2.05) is 0 Å². The number of ether oxygens (including phenoxy) is 1. The molecule has 0 saturated heterocycles. The van der Waals surface area contributed by atoms with E-state index in [9.17, 15) is 14.7 Å². The average molecular weight is 360 g/mol. The molecule has 0 unspecified atom stereocenters. The third-order valence-corrected chi connectivity index (χ3v) is 3.89. The molecule has 1 aromatic carbocycles. The molecule has 0 amide bonds. The van der Waals surface area contributed by atoms with Gasteiger partial charge in [0.15, 0.2) is 0 Å². The molecule has 8 heteroatoms. The first-order valence-corrected chi connectivity index (χ1v) is 6.81. The zero-order chi connectivity index (χ0) is 15.8. The van der Waals surface area contributed by atoms with Gasteiger partial charge in [-0.1, -0.05) is 46.4 Å². The Bertz CT molecular complexity index is 590. The summed E-state index contributed by atoms with van der Waals surface area (Å²) in [6.45, 7) is 4.87. The van der Waals surface area contributed by atoms with Crippen molar-refractivity contribution in [2.75, 3.05) is 0 Å². The highest BCUT2D eigenvalue weighted by molar-refractivity contribution is 6.54. The van der Waals surface area contributed by atoms with Gasteiger partial charge < -0.3 is 9.84 Å². The molecule has 0 heterocycles. The van der Waals surface area contributed by atoms with Crippen LogP contribution in [0, 0.1) is 0 Å². The van der Waals surface area contributed by atoms with Crippen LogP contribution in [0.4, 0.5) is 0 Å². The lowest BCUT2D eigenvalue weighted by atomic mass is 10.1. The van der Waals surface area contributed by atoms with Gasteiger partial charge in [-0.15, -0.1) is 0 Å².